The van der Waals surface area contributed by atoms with E-state index in [1.54, 1.807) is 0 Å². The molecule has 0 aliphatic carbocycles. The number of ether oxygens (including phenoxy) is 2. The lowest BCUT2D eigenvalue weighted by Gasteiger charge is -2.48. The number of nitrogens with zero attached hydrogens (tertiary/aromatic N) is 1. The molecule has 21 heavy (non-hydrogen) atoms. The molecule has 0 spiro atoms. The number of nitrogens with one attached hydrogen (secondary N) is 1. The summed E-state index contributed by atoms with van der Waals surface area (Å²) in [6.07, 6.45) is 2.67. The number of rotatable bonds is 7. The number of benzene rings is 1. The van der Waals surface area contributed by atoms with Gasteiger partial charge in [-0.25, -0.2) is 0 Å². The Kier molecular flexibility index (Phi) is 4.78. The first-order valence-corrected chi connectivity index (χ1v) is 8.08. The molecule has 1 N–H and O–H groups in total. The van der Waals surface area contributed by atoms with E-state index < -0.39 is 0 Å². The van der Waals surface area contributed by atoms with Crippen molar-refractivity contribution in [2.45, 2.75) is 31.8 Å². The van der Waals surface area contributed by atoms with Gasteiger partial charge in [-0.15, -0.1) is 0 Å². The number of hydrogen-bond acceptors (Lipinski definition) is 4. The van der Waals surface area contributed by atoms with Crippen LogP contribution in [0.4, 0.5) is 0 Å². The molecule has 2 saturated heterocycles. The summed E-state index contributed by atoms with van der Waals surface area (Å²) in [4.78, 5) is 2.61. The minimum Gasteiger partial charge on any atom is -0.494 e. The molecule has 0 atom stereocenters. The summed E-state index contributed by atoms with van der Waals surface area (Å²) in [6, 6.07) is 8.36. The largest absolute Gasteiger partial charge is 0.494 e. The van der Waals surface area contributed by atoms with E-state index in [2.05, 4.69) is 22.3 Å². The van der Waals surface area contributed by atoms with Crippen LogP contribution in [-0.2, 0) is 11.3 Å². The van der Waals surface area contributed by atoms with Crippen molar-refractivity contribution in [1.82, 2.24) is 10.2 Å². The van der Waals surface area contributed by atoms with Gasteiger partial charge in [-0.1, -0.05) is 12.1 Å². The standard InChI is InChI=1S/C17H26N2O2/c1-2-21-16-7-5-15(6-8-16)11-18-12-17(13-20-14-17)19-9-3-4-10-19/h5-8,18H,2-4,9-14H2,1H3. The van der Waals surface area contributed by atoms with Gasteiger partial charge in [0.05, 0.1) is 25.4 Å². The van der Waals surface area contributed by atoms with Crippen molar-refractivity contribution in [3.05, 3.63) is 29.8 Å². The zero-order chi connectivity index (χ0) is 14.5. The molecule has 1 aromatic rings. The molecule has 2 aliphatic rings. The van der Waals surface area contributed by atoms with Crippen molar-refractivity contribution in [3.8, 4) is 5.75 Å². The van der Waals surface area contributed by atoms with Crippen molar-refractivity contribution >= 4 is 0 Å². The molecular formula is C17H26N2O2. The number of likely N-dealkylation sites (tertiary alicyclic amines) is 1. The Hall–Kier alpha value is -1.10. The second-order valence-electron chi connectivity index (χ2n) is 6.09. The van der Waals surface area contributed by atoms with Gasteiger partial charge in [-0.3, -0.25) is 4.90 Å². The Morgan fingerprint density at radius 1 is 1.19 bits per heavy atom. The van der Waals surface area contributed by atoms with E-state index in [1.165, 1.54) is 31.5 Å². The van der Waals surface area contributed by atoms with Gasteiger partial charge in [0, 0.05) is 13.1 Å². The van der Waals surface area contributed by atoms with E-state index in [9.17, 15) is 0 Å². The van der Waals surface area contributed by atoms with Crippen LogP contribution in [0.3, 0.4) is 0 Å². The van der Waals surface area contributed by atoms with Gasteiger partial charge in [0.2, 0.25) is 0 Å². The first-order valence-electron chi connectivity index (χ1n) is 8.08. The Bertz CT molecular complexity index is 437. The maximum absolute atomic E-state index is 5.50. The third kappa shape index (κ3) is 3.39. The molecule has 4 heteroatoms. The van der Waals surface area contributed by atoms with Gasteiger partial charge in [0.15, 0.2) is 0 Å². The predicted molar refractivity (Wildman–Crippen MR) is 83.7 cm³/mol. The molecule has 3 rings (SSSR count). The van der Waals surface area contributed by atoms with Gasteiger partial charge >= 0.3 is 0 Å². The van der Waals surface area contributed by atoms with Crippen LogP contribution in [0.2, 0.25) is 0 Å². The van der Waals surface area contributed by atoms with Crippen molar-refractivity contribution in [2.75, 3.05) is 39.5 Å². The molecule has 0 radical (unpaired) electrons. The minimum atomic E-state index is 0.252. The van der Waals surface area contributed by atoms with Gasteiger partial charge in [-0.05, 0) is 50.6 Å². The Balaban J connectivity index is 1.48. The monoisotopic (exact) mass is 290 g/mol. The van der Waals surface area contributed by atoms with Crippen LogP contribution < -0.4 is 10.1 Å². The van der Waals surface area contributed by atoms with Crippen molar-refractivity contribution < 1.29 is 9.47 Å². The summed E-state index contributed by atoms with van der Waals surface area (Å²) in [7, 11) is 0. The van der Waals surface area contributed by atoms with E-state index in [0.29, 0.717) is 0 Å². The van der Waals surface area contributed by atoms with Crippen molar-refractivity contribution in [3.63, 3.8) is 0 Å². The van der Waals surface area contributed by atoms with Gasteiger partial charge in [-0.2, -0.15) is 0 Å². The predicted octanol–water partition coefficient (Wildman–Crippen LogP) is 2.04. The van der Waals surface area contributed by atoms with Crippen LogP contribution in [0.15, 0.2) is 24.3 Å². The van der Waals surface area contributed by atoms with E-state index in [-0.39, 0.29) is 5.54 Å². The Morgan fingerprint density at radius 2 is 1.90 bits per heavy atom. The molecular weight excluding hydrogens is 264 g/mol. The summed E-state index contributed by atoms with van der Waals surface area (Å²) < 4.78 is 11.0. The van der Waals surface area contributed by atoms with Crippen LogP contribution >= 0.6 is 0 Å². The van der Waals surface area contributed by atoms with Crippen LogP contribution in [0.5, 0.6) is 5.75 Å². The van der Waals surface area contributed by atoms with Gasteiger partial charge < -0.3 is 14.8 Å². The lowest BCUT2D eigenvalue weighted by molar-refractivity contribution is -0.131. The third-order valence-corrected chi connectivity index (χ3v) is 4.54. The van der Waals surface area contributed by atoms with Crippen molar-refractivity contribution in [1.29, 1.82) is 0 Å². The Labute approximate surface area is 127 Å². The lowest BCUT2D eigenvalue weighted by atomic mass is 9.95. The summed E-state index contributed by atoms with van der Waals surface area (Å²) >= 11 is 0. The fourth-order valence-corrected chi connectivity index (χ4v) is 3.24. The maximum Gasteiger partial charge on any atom is 0.119 e. The Morgan fingerprint density at radius 3 is 2.48 bits per heavy atom. The van der Waals surface area contributed by atoms with Gasteiger partial charge in [0.25, 0.3) is 0 Å². The average molecular weight is 290 g/mol. The first kappa shape index (κ1) is 14.8. The smallest absolute Gasteiger partial charge is 0.119 e. The van der Waals surface area contributed by atoms with E-state index in [0.717, 1.165) is 38.7 Å². The normalized spacial score (nSPS) is 21.2. The third-order valence-electron chi connectivity index (χ3n) is 4.54. The van der Waals surface area contributed by atoms with Crippen molar-refractivity contribution in [2.24, 2.45) is 0 Å². The summed E-state index contributed by atoms with van der Waals surface area (Å²) in [5.41, 5.74) is 1.55. The van der Waals surface area contributed by atoms with E-state index in [4.69, 9.17) is 9.47 Å². The SMILES string of the molecule is CCOc1ccc(CNCC2(N3CCCC3)COC2)cc1. The molecule has 2 aliphatic heterocycles. The fraction of sp³-hybridized carbons (Fsp3) is 0.647. The summed E-state index contributed by atoms with van der Waals surface area (Å²) in [5.74, 6) is 0.946. The molecule has 116 valence electrons. The summed E-state index contributed by atoms with van der Waals surface area (Å²) in [5, 5.41) is 3.61. The first-order chi connectivity index (χ1) is 10.3. The molecule has 4 nitrogen and oxygen atoms in total. The van der Waals surface area contributed by atoms with Gasteiger partial charge in [0.1, 0.15) is 5.75 Å². The average Bonchev–Trinajstić information content (AvgIpc) is 2.98. The maximum atomic E-state index is 5.50. The van der Waals surface area contributed by atoms with Crippen LogP contribution in [0.1, 0.15) is 25.3 Å². The second kappa shape index (κ2) is 6.77. The quantitative estimate of drug-likeness (QED) is 0.833. The highest BCUT2D eigenvalue weighted by molar-refractivity contribution is 5.27. The molecule has 0 unspecified atom stereocenters. The topological polar surface area (TPSA) is 33.7 Å². The second-order valence-corrected chi connectivity index (χ2v) is 6.09. The van der Waals surface area contributed by atoms with Crippen LogP contribution in [-0.4, -0.2) is 49.9 Å². The molecule has 0 amide bonds. The molecule has 1 aromatic carbocycles. The zero-order valence-corrected chi connectivity index (χ0v) is 12.9. The van der Waals surface area contributed by atoms with E-state index >= 15 is 0 Å². The zero-order valence-electron chi connectivity index (χ0n) is 12.9. The van der Waals surface area contributed by atoms with Crippen LogP contribution in [0.25, 0.3) is 0 Å². The highest BCUT2D eigenvalue weighted by atomic mass is 16.5. The molecule has 2 fully saturated rings. The number of hydrogen-bond donors (Lipinski definition) is 1. The molecule has 2 heterocycles. The van der Waals surface area contributed by atoms with E-state index in [1.807, 2.05) is 19.1 Å². The minimum absolute atomic E-state index is 0.252. The summed E-state index contributed by atoms with van der Waals surface area (Å²) in [6.45, 7) is 8.86. The lowest BCUT2D eigenvalue weighted by Crippen LogP contribution is -2.66. The molecule has 0 saturated carbocycles. The van der Waals surface area contributed by atoms with Crippen LogP contribution in [0, 0.1) is 0 Å². The molecule has 0 bridgehead atoms. The molecule has 0 aromatic heterocycles. The fourth-order valence-electron chi connectivity index (χ4n) is 3.24. The highest BCUT2D eigenvalue weighted by Crippen LogP contribution is 2.28. The highest BCUT2D eigenvalue weighted by Gasteiger charge is 2.44.